The number of piperazine rings is 1. The molecule has 2 aliphatic heterocycles. The van der Waals surface area contributed by atoms with E-state index in [0.717, 1.165) is 63.7 Å². The molecule has 4 atom stereocenters. The average molecular weight is 402 g/mol. The van der Waals surface area contributed by atoms with E-state index in [-0.39, 0.29) is 6.10 Å². The van der Waals surface area contributed by atoms with Gasteiger partial charge in [0.05, 0.1) is 16.7 Å². The van der Waals surface area contributed by atoms with Crippen molar-refractivity contribution in [1.29, 1.82) is 0 Å². The Balaban J connectivity index is 1.20. The fourth-order valence-corrected chi connectivity index (χ4v) is 6.43. The second-order valence-electron chi connectivity index (χ2n) is 8.90. The number of fused-ring (bicyclic) bond motifs is 1. The lowest BCUT2D eigenvalue weighted by Gasteiger charge is -2.44. The molecule has 0 bridgehead atoms. The number of nitrogens with one attached hydrogen (secondary N) is 1. The Bertz CT molecular complexity index is 770. The Morgan fingerprint density at radius 2 is 1.89 bits per heavy atom. The number of aliphatic hydroxyl groups is 1. The molecule has 2 N–H and O–H groups in total. The van der Waals surface area contributed by atoms with Gasteiger partial charge in [-0.1, -0.05) is 0 Å². The van der Waals surface area contributed by atoms with Crippen molar-refractivity contribution in [1.82, 2.24) is 24.9 Å². The Labute approximate surface area is 171 Å². The molecular weight excluding hydrogens is 370 g/mol. The van der Waals surface area contributed by atoms with Gasteiger partial charge in [0.15, 0.2) is 0 Å². The zero-order valence-electron chi connectivity index (χ0n) is 16.6. The average Bonchev–Trinajstić information content (AvgIpc) is 3.42. The van der Waals surface area contributed by atoms with Crippen molar-refractivity contribution >= 4 is 11.3 Å². The fourth-order valence-electron chi connectivity index (χ4n) is 5.40. The van der Waals surface area contributed by atoms with E-state index in [1.807, 2.05) is 23.6 Å². The monoisotopic (exact) mass is 401 g/mol. The van der Waals surface area contributed by atoms with E-state index >= 15 is 0 Å². The summed E-state index contributed by atoms with van der Waals surface area (Å²) >= 11 is 1.86. The highest BCUT2D eigenvalue weighted by molar-refractivity contribution is 7.15. The maximum absolute atomic E-state index is 10.8. The van der Waals surface area contributed by atoms with Crippen LogP contribution in [-0.2, 0) is 6.54 Å². The lowest BCUT2D eigenvalue weighted by molar-refractivity contribution is -0.0249. The number of nitrogens with zero attached hydrogens (tertiary/aromatic N) is 4. The highest BCUT2D eigenvalue weighted by atomic mass is 32.1. The minimum absolute atomic E-state index is 0.154. The third-order valence-electron chi connectivity index (χ3n) is 7.00. The highest BCUT2D eigenvalue weighted by Crippen LogP contribution is 2.39. The molecule has 0 spiro atoms. The summed E-state index contributed by atoms with van der Waals surface area (Å²) in [5, 5.41) is 18.0. The van der Waals surface area contributed by atoms with Crippen molar-refractivity contribution < 1.29 is 5.11 Å². The standard InChI is InChI=1S/C21H31N5OS/c1-24-6-8-26(9-7-24)19-10-15-12-25(13-16(15)11-20(19)27)14-17-2-3-21(28-17)18-4-5-22-23-18/h2-5,15-16,19-20,27H,6-14H2,1H3,(H,22,23)/t15-,16+,19-,20-/m1/s1. The molecule has 2 saturated heterocycles. The summed E-state index contributed by atoms with van der Waals surface area (Å²) < 4.78 is 0. The van der Waals surface area contributed by atoms with Crippen molar-refractivity contribution in [2.45, 2.75) is 31.5 Å². The molecule has 2 aromatic heterocycles. The summed E-state index contributed by atoms with van der Waals surface area (Å²) in [4.78, 5) is 10.2. The summed E-state index contributed by atoms with van der Waals surface area (Å²) in [6.45, 7) is 7.80. The van der Waals surface area contributed by atoms with Crippen LogP contribution in [0.2, 0.25) is 0 Å². The van der Waals surface area contributed by atoms with Gasteiger partial charge in [0.1, 0.15) is 0 Å². The largest absolute Gasteiger partial charge is 0.391 e. The molecule has 1 aliphatic carbocycles. The van der Waals surface area contributed by atoms with Crippen LogP contribution in [0, 0.1) is 11.8 Å². The van der Waals surface area contributed by atoms with Gasteiger partial charge in [0.25, 0.3) is 0 Å². The molecule has 6 nitrogen and oxygen atoms in total. The van der Waals surface area contributed by atoms with Gasteiger partial charge in [0, 0.05) is 62.9 Å². The zero-order valence-corrected chi connectivity index (χ0v) is 17.4. The molecular formula is C21H31N5OS. The molecule has 152 valence electrons. The number of aromatic amines is 1. The Morgan fingerprint density at radius 1 is 1.11 bits per heavy atom. The summed E-state index contributed by atoms with van der Waals surface area (Å²) in [5.41, 5.74) is 1.10. The van der Waals surface area contributed by atoms with Crippen molar-refractivity contribution in [2.75, 3.05) is 46.3 Å². The second kappa shape index (κ2) is 7.88. The van der Waals surface area contributed by atoms with Crippen LogP contribution in [0.4, 0.5) is 0 Å². The lowest BCUT2D eigenvalue weighted by Crippen LogP contribution is -2.55. The van der Waals surface area contributed by atoms with Crippen LogP contribution >= 0.6 is 11.3 Å². The molecule has 3 fully saturated rings. The number of aromatic nitrogens is 2. The minimum atomic E-state index is -0.154. The van der Waals surface area contributed by atoms with Crippen LogP contribution in [0.25, 0.3) is 10.6 Å². The van der Waals surface area contributed by atoms with Crippen molar-refractivity contribution in [3.63, 3.8) is 0 Å². The van der Waals surface area contributed by atoms with Gasteiger partial charge in [-0.2, -0.15) is 5.10 Å². The molecule has 3 aliphatic rings. The van der Waals surface area contributed by atoms with Gasteiger partial charge in [-0.3, -0.25) is 14.9 Å². The Kier molecular flexibility index (Phi) is 5.28. The molecule has 0 aromatic carbocycles. The first-order valence-corrected chi connectivity index (χ1v) is 11.4. The summed E-state index contributed by atoms with van der Waals surface area (Å²) in [6, 6.07) is 6.85. The van der Waals surface area contributed by atoms with E-state index in [9.17, 15) is 5.11 Å². The summed E-state index contributed by atoms with van der Waals surface area (Å²) in [5.74, 6) is 1.39. The SMILES string of the molecule is CN1CCN([C@@H]2C[C@@H]3CN(Cc4ccc(-c5ccn[nH]5)s4)C[C@@H]3C[C@H]2O)CC1. The molecule has 2 aromatic rings. The molecule has 0 radical (unpaired) electrons. The van der Waals surface area contributed by atoms with E-state index in [4.69, 9.17) is 0 Å². The predicted molar refractivity (Wildman–Crippen MR) is 112 cm³/mol. The Hall–Kier alpha value is -1.25. The summed E-state index contributed by atoms with van der Waals surface area (Å²) in [6.07, 6.45) is 3.79. The minimum Gasteiger partial charge on any atom is -0.391 e. The van der Waals surface area contributed by atoms with Gasteiger partial charge in [-0.25, -0.2) is 0 Å². The van der Waals surface area contributed by atoms with Crippen LogP contribution in [-0.4, -0.2) is 88.5 Å². The number of thiophene rings is 1. The van der Waals surface area contributed by atoms with E-state index in [1.165, 1.54) is 16.3 Å². The van der Waals surface area contributed by atoms with E-state index in [0.29, 0.717) is 12.0 Å². The molecule has 28 heavy (non-hydrogen) atoms. The van der Waals surface area contributed by atoms with Gasteiger partial charge >= 0.3 is 0 Å². The number of rotatable bonds is 4. The molecule has 5 rings (SSSR count). The van der Waals surface area contributed by atoms with E-state index in [2.05, 4.69) is 44.1 Å². The van der Waals surface area contributed by atoms with Crippen molar-refractivity contribution in [3.8, 4) is 10.6 Å². The normalized spacial score (nSPS) is 32.6. The maximum Gasteiger partial charge on any atom is 0.0749 e. The van der Waals surface area contributed by atoms with Crippen molar-refractivity contribution in [2.24, 2.45) is 11.8 Å². The van der Waals surface area contributed by atoms with Gasteiger partial charge in [-0.05, 0) is 49.9 Å². The molecule has 0 amide bonds. The topological polar surface area (TPSA) is 58.6 Å². The molecule has 0 unspecified atom stereocenters. The van der Waals surface area contributed by atoms with Crippen molar-refractivity contribution in [3.05, 3.63) is 29.3 Å². The van der Waals surface area contributed by atoms with E-state index < -0.39 is 0 Å². The molecule has 1 saturated carbocycles. The third kappa shape index (κ3) is 3.78. The fraction of sp³-hybridized carbons (Fsp3) is 0.667. The first-order valence-electron chi connectivity index (χ1n) is 10.6. The number of H-pyrrole nitrogens is 1. The van der Waals surface area contributed by atoms with Crippen LogP contribution in [0.15, 0.2) is 24.4 Å². The third-order valence-corrected chi connectivity index (χ3v) is 8.10. The number of aliphatic hydroxyl groups excluding tert-OH is 1. The number of likely N-dealkylation sites (N-methyl/N-ethyl adjacent to an activating group) is 1. The van der Waals surface area contributed by atoms with Crippen LogP contribution in [0.5, 0.6) is 0 Å². The smallest absolute Gasteiger partial charge is 0.0749 e. The quantitative estimate of drug-likeness (QED) is 0.820. The Morgan fingerprint density at radius 3 is 2.64 bits per heavy atom. The second-order valence-corrected chi connectivity index (χ2v) is 10.1. The number of hydrogen-bond acceptors (Lipinski definition) is 6. The highest BCUT2D eigenvalue weighted by Gasteiger charge is 2.43. The van der Waals surface area contributed by atoms with Gasteiger partial charge < -0.3 is 10.0 Å². The predicted octanol–water partition coefficient (Wildman–Crippen LogP) is 1.96. The number of hydrogen-bond donors (Lipinski definition) is 2. The van der Waals surface area contributed by atoms with Crippen LogP contribution in [0.1, 0.15) is 17.7 Å². The van der Waals surface area contributed by atoms with E-state index in [1.54, 1.807) is 0 Å². The zero-order chi connectivity index (χ0) is 19.1. The maximum atomic E-state index is 10.8. The molecule has 7 heteroatoms. The summed E-state index contributed by atoms with van der Waals surface area (Å²) in [7, 11) is 2.20. The van der Waals surface area contributed by atoms with Crippen LogP contribution in [0.3, 0.4) is 0 Å². The van der Waals surface area contributed by atoms with Crippen LogP contribution < -0.4 is 0 Å². The first kappa shape index (κ1) is 18.8. The van der Waals surface area contributed by atoms with Gasteiger partial charge in [0.2, 0.25) is 0 Å². The first-order chi connectivity index (χ1) is 13.7. The molecule has 4 heterocycles. The lowest BCUT2D eigenvalue weighted by atomic mass is 9.77. The van der Waals surface area contributed by atoms with Gasteiger partial charge in [-0.15, -0.1) is 11.3 Å². The number of likely N-dealkylation sites (tertiary alicyclic amines) is 1.